The molecule has 10 nitrogen and oxygen atoms in total. The summed E-state index contributed by atoms with van der Waals surface area (Å²) in [5, 5.41) is 4.40. The van der Waals surface area contributed by atoms with Crippen LogP contribution in [-0.2, 0) is 4.79 Å². The van der Waals surface area contributed by atoms with Crippen LogP contribution >= 0.6 is 0 Å². The minimum atomic E-state index is -0.447. The van der Waals surface area contributed by atoms with Crippen LogP contribution in [0.1, 0.15) is 5.76 Å². The molecule has 1 fully saturated rings. The summed E-state index contributed by atoms with van der Waals surface area (Å²) in [7, 11) is 0. The normalized spacial score (nSPS) is 23.4. The second kappa shape index (κ2) is 6.76. The molecule has 1 atom stereocenters. The molecule has 146 valence electrons. The number of amidine groups is 2. The molecule has 0 bridgehead atoms. The number of rotatable bonds is 3. The fraction of sp³-hybridized carbons (Fsp3) is 0.211. The number of quaternary nitrogens is 1. The van der Waals surface area contributed by atoms with Gasteiger partial charge in [0, 0.05) is 44.3 Å². The molecular formula is C19H19N8O2+. The lowest BCUT2D eigenvalue weighted by Crippen LogP contribution is -2.52. The molecule has 1 saturated heterocycles. The first-order valence-electron chi connectivity index (χ1n) is 9.24. The van der Waals surface area contributed by atoms with E-state index in [-0.39, 0.29) is 11.6 Å². The molecule has 0 aliphatic carbocycles. The Bertz CT molecular complexity index is 1050. The van der Waals surface area contributed by atoms with Crippen LogP contribution in [0.4, 0.5) is 5.69 Å². The monoisotopic (exact) mass is 391 g/mol. The number of hydrogen-bond donors (Lipinski definition) is 1. The lowest BCUT2D eigenvalue weighted by atomic mass is 10.2. The maximum absolute atomic E-state index is 13.0. The summed E-state index contributed by atoms with van der Waals surface area (Å²) in [6.45, 7) is 2.67. The number of furan rings is 1. The molecule has 1 unspecified atom stereocenters. The number of nitrogens with two attached hydrogens (primary N) is 1. The molecule has 0 spiro atoms. The number of pyridine rings is 1. The van der Waals surface area contributed by atoms with Crippen molar-refractivity contribution >= 4 is 29.5 Å². The van der Waals surface area contributed by atoms with Gasteiger partial charge in [-0.15, -0.1) is 5.84 Å². The molecule has 3 aliphatic rings. The molecule has 5 heterocycles. The molecular weight excluding hydrogens is 372 g/mol. The van der Waals surface area contributed by atoms with Crippen LogP contribution in [0.5, 0.6) is 0 Å². The zero-order chi connectivity index (χ0) is 19.8. The maximum atomic E-state index is 13.0. The fourth-order valence-corrected chi connectivity index (χ4v) is 3.49. The van der Waals surface area contributed by atoms with E-state index < -0.39 is 4.70 Å². The zero-order valence-electron chi connectivity index (χ0n) is 15.5. The summed E-state index contributed by atoms with van der Waals surface area (Å²) >= 11 is 0. The number of aliphatic imine (C=N–C) groups is 2. The Labute approximate surface area is 166 Å². The van der Waals surface area contributed by atoms with Gasteiger partial charge in [-0.2, -0.15) is 4.99 Å². The van der Waals surface area contributed by atoms with Crippen molar-refractivity contribution in [1.82, 2.24) is 9.88 Å². The van der Waals surface area contributed by atoms with Gasteiger partial charge < -0.3 is 14.2 Å². The number of piperazine rings is 1. The summed E-state index contributed by atoms with van der Waals surface area (Å²) in [4.78, 5) is 29.7. The summed E-state index contributed by atoms with van der Waals surface area (Å²) in [5.41, 5.74) is 1.36. The molecule has 0 saturated carbocycles. The first-order chi connectivity index (χ1) is 14.1. The standard InChI is InChI=1S/C19H19N8O2/c20-27-13-15(22-12-17(27)23-18(24-27)16-2-1-11-29-16)19(28)26-9-7-25(8-10-26)14-3-5-21-6-4-14/h1-6,11-13H,7-10,20H2/q+1. The van der Waals surface area contributed by atoms with E-state index in [9.17, 15) is 4.79 Å². The summed E-state index contributed by atoms with van der Waals surface area (Å²) < 4.78 is 4.89. The lowest BCUT2D eigenvalue weighted by molar-refractivity contribution is -0.803. The van der Waals surface area contributed by atoms with Crippen LogP contribution in [0.2, 0.25) is 0 Å². The van der Waals surface area contributed by atoms with E-state index in [1.165, 1.54) is 12.4 Å². The molecule has 5 rings (SSSR count). The maximum Gasteiger partial charge on any atom is 0.300 e. The van der Waals surface area contributed by atoms with Crippen molar-refractivity contribution in [2.75, 3.05) is 31.1 Å². The number of amides is 1. The van der Waals surface area contributed by atoms with Gasteiger partial charge in [-0.3, -0.25) is 9.78 Å². The predicted molar refractivity (Wildman–Crippen MR) is 107 cm³/mol. The largest absolute Gasteiger partial charge is 0.461 e. The molecule has 2 N–H and O–H groups in total. The number of nitrogens with zero attached hydrogens (tertiary/aromatic N) is 7. The first-order valence-corrected chi connectivity index (χ1v) is 9.24. The summed E-state index contributed by atoms with van der Waals surface area (Å²) in [6.07, 6.45) is 8.09. The molecule has 10 heteroatoms. The summed E-state index contributed by atoms with van der Waals surface area (Å²) in [5.74, 6) is 7.48. The van der Waals surface area contributed by atoms with Crippen molar-refractivity contribution in [1.29, 1.82) is 0 Å². The van der Waals surface area contributed by atoms with Crippen LogP contribution in [-0.4, -0.2) is 64.6 Å². The van der Waals surface area contributed by atoms with Gasteiger partial charge in [0.05, 0.1) is 6.26 Å². The van der Waals surface area contributed by atoms with E-state index in [2.05, 4.69) is 25.0 Å². The second-order valence-electron chi connectivity index (χ2n) is 6.87. The third-order valence-corrected chi connectivity index (χ3v) is 5.04. The molecule has 2 aromatic heterocycles. The Balaban J connectivity index is 1.30. The fourth-order valence-electron chi connectivity index (χ4n) is 3.49. The van der Waals surface area contributed by atoms with E-state index in [1.807, 2.05) is 12.1 Å². The highest BCUT2D eigenvalue weighted by atomic mass is 16.3. The summed E-state index contributed by atoms with van der Waals surface area (Å²) in [6, 6.07) is 7.44. The Morgan fingerprint density at radius 2 is 1.93 bits per heavy atom. The lowest BCUT2D eigenvalue weighted by Gasteiger charge is -2.36. The van der Waals surface area contributed by atoms with Gasteiger partial charge in [-0.05, 0) is 34.1 Å². The highest BCUT2D eigenvalue weighted by Gasteiger charge is 2.41. The highest BCUT2D eigenvalue weighted by Crippen LogP contribution is 2.23. The van der Waals surface area contributed by atoms with Crippen molar-refractivity contribution in [3.63, 3.8) is 0 Å². The van der Waals surface area contributed by atoms with E-state index >= 15 is 0 Å². The topological polar surface area (TPSA) is 113 Å². The van der Waals surface area contributed by atoms with E-state index in [1.54, 1.807) is 35.7 Å². The number of anilines is 1. The van der Waals surface area contributed by atoms with Crippen molar-refractivity contribution in [3.8, 4) is 0 Å². The Kier molecular flexibility index (Phi) is 4.07. The minimum absolute atomic E-state index is 0.167. The van der Waals surface area contributed by atoms with Gasteiger partial charge in [-0.1, -0.05) is 0 Å². The van der Waals surface area contributed by atoms with Crippen molar-refractivity contribution in [3.05, 3.63) is 60.6 Å². The Hall–Kier alpha value is -3.63. The van der Waals surface area contributed by atoms with Crippen LogP contribution in [0, 0.1) is 0 Å². The van der Waals surface area contributed by atoms with Crippen LogP contribution < -0.4 is 10.7 Å². The number of carbonyl (C=O) groups excluding carboxylic acids is 1. The first kappa shape index (κ1) is 17.5. The number of fused-ring (bicyclic) bond motifs is 1. The third-order valence-electron chi connectivity index (χ3n) is 5.04. The van der Waals surface area contributed by atoms with Crippen LogP contribution in [0.3, 0.4) is 0 Å². The average molecular weight is 391 g/mol. The van der Waals surface area contributed by atoms with Gasteiger partial charge in [0.15, 0.2) is 17.7 Å². The Morgan fingerprint density at radius 3 is 2.66 bits per heavy atom. The van der Waals surface area contributed by atoms with E-state index in [0.29, 0.717) is 30.5 Å². The van der Waals surface area contributed by atoms with Gasteiger partial charge >= 0.3 is 0 Å². The zero-order valence-corrected chi connectivity index (χ0v) is 15.5. The molecule has 0 radical (unpaired) electrons. The molecule has 1 amide bonds. The van der Waals surface area contributed by atoms with Gasteiger partial charge in [-0.25, -0.2) is 4.99 Å². The third kappa shape index (κ3) is 3.13. The molecule has 2 aromatic rings. The average Bonchev–Trinajstić information content (AvgIpc) is 3.41. The number of aromatic nitrogens is 1. The predicted octanol–water partition coefficient (Wildman–Crippen LogP) is 0.713. The van der Waals surface area contributed by atoms with E-state index in [0.717, 1.165) is 18.8 Å². The quantitative estimate of drug-likeness (QED) is 0.612. The van der Waals surface area contributed by atoms with Crippen molar-refractivity contribution in [2.45, 2.75) is 0 Å². The van der Waals surface area contributed by atoms with Gasteiger partial charge in [0.2, 0.25) is 0 Å². The van der Waals surface area contributed by atoms with E-state index in [4.69, 9.17) is 10.3 Å². The molecule has 3 aliphatic heterocycles. The SMILES string of the molecule is N[N+]12C=C(C(=O)N3CCN(c4ccncc4)CC3)N=CC1=NC(c1ccco1)=N2. The smallest absolute Gasteiger partial charge is 0.300 e. The molecule has 29 heavy (non-hydrogen) atoms. The van der Waals surface area contributed by atoms with Crippen molar-refractivity contribution < 1.29 is 13.9 Å². The number of carbonyl (C=O) groups is 1. The van der Waals surface area contributed by atoms with Crippen LogP contribution in [0.25, 0.3) is 0 Å². The minimum Gasteiger partial charge on any atom is -0.461 e. The van der Waals surface area contributed by atoms with Crippen molar-refractivity contribution in [2.24, 2.45) is 20.9 Å². The van der Waals surface area contributed by atoms with Gasteiger partial charge in [0.25, 0.3) is 17.6 Å². The second-order valence-corrected chi connectivity index (χ2v) is 6.87. The van der Waals surface area contributed by atoms with Gasteiger partial charge in [0.1, 0.15) is 6.21 Å². The number of hydrogen-bond acceptors (Lipinski definition) is 8. The van der Waals surface area contributed by atoms with Crippen LogP contribution in [0.15, 0.2) is 74.3 Å². The Morgan fingerprint density at radius 1 is 1.14 bits per heavy atom. The molecule has 0 aromatic carbocycles. The highest BCUT2D eigenvalue weighted by molar-refractivity contribution is 6.31.